The third-order valence-corrected chi connectivity index (χ3v) is 2.79. The van der Waals surface area contributed by atoms with Crippen LogP contribution < -0.4 is 11.1 Å². The molecule has 0 fully saturated rings. The Bertz CT molecular complexity index is 638. The van der Waals surface area contributed by atoms with Crippen molar-refractivity contribution >= 4 is 17.3 Å². The van der Waals surface area contributed by atoms with Crippen LogP contribution in [0.1, 0.15) is 15.9 Å². The quantitative estimate of drug-likeness (QED) is 0.644. The summed E-state index contributed by atoms with van der Waals surface area (Å²) in [5.74, 6) is -0.477. The smallest absolute Gasteiger partial charge is 0.269 e. The monoisotopic (exact) mass is 271 g/mol. The summed E-state index contributed by atoms with van der Waals surface area (Å²) in [6.45, 7) is 0.456. The van der Waals surface area contributed by atoms with E-state index in [1.807, 2.05) is 0 Å². The van der Waals surface area contributed by atoms with Gasteiger partial charge in [-0.15, -0.1) is 0 Å². The average molecular weight is 271 g/mol. The van der Waals surface area contributed by atoms with Crippen LogP contribution in [0.2, 0.25) is 0 Å². The third-order valence-electron chi connectivity index (χ3n) is 2.79. The van der Waals surface area contributed by atoms with Crippen LogP contribution >= 0.6 is 0 Å². The lowest BCUT2D eigenvalue weighted by Crippen LogP contribution is -2.10. The lowest BCUT2D eigenvalue weighted by atomic mass is 10.1. The van der Waals surface area contributed by atoms with Gasteiger partial charge in [-0.25, -0.2) is 0 Å². The number of benzene rings is 2. The van der Waals surface area contributed by atoms with Crippen LogP contribution in [0.25, 0.3) is 0 Å². The maximum atomic E-state index is 10.9. The minimum Gasteiger partial charge on any atom is -0.381 e. The Morgan fingerprint density at radius 1 is 1.20 bits per heavy atom. The zero-order chi connectivity index (χ0) is 14.5. The number of rotatable bonds is 5. The van der Waals surface area contributed by atoms with Crippen molar-refractivity contribution in [1.29, 1.82) is 0 Å². The van der Waals surface area contributed by atoms with E-state index in [4.69, 9.17) is 5.73 Å². The molecule has 0 aliphatic carbocycles. The van der Waals surface area contributed by atoms with Gasteiger partial charge < -0.3 is 11.1 Å². The zero-order valence-corrected chi connectivity index (χ0v) is 10.6. The number of nitro groups is 1. The summed E-state index contributed by atoms with van der Waals surface area (Å²) in [7, 11) is 0. The van der Waals surface area contributed by atoms with E-state index in [1.54, 1.807) is 36.4 Å². The maximum absolute atomic E-state index is 10.9. The summed E-state index contributed by atoms with van der Waals surface area (Å²) in [5, 5.41) is 13.8. The van der Waals surface area contributed by atoms with Gasteiger partial charge in [-0.1, -0.05) is 12.1 Å². The molecule has 0 unspecified atom stereocenters. The molecule has 6 nitrogen and oxygen atoms in total. The number of nitrogens with one attached hydrogen (secondary N) is 1. The van der Waals surface area contributed by atoms with Crippen LogP contribution in [0, 0.1) is 10.1 Å². The molecule has 3 N–H and O–H groups in total. The van der Waals surface area contributed by atoms with Crippen molar-refractivity contribution in [2.24, 2.45) is 5.73 Å². The summed E-state index contributed by atoms with van der Waals surface area (Å²) in [6, 6.07) is 13.1. The summed E-state index contributed by atoms with van der Waals surface area (Å²) in [6.07, 6.45) is 0. The van der Waals surface area contributed by atoms with Gasteiger partial charge in [0.1, 0.15) is 0 Å². The normalized spacial score (nSPS) is 10.0. The molecule has 2 rings (SSSR count). The SMILES string of the molecule is NC(=O)c1ccc(NCc2cccc([N+](=O)[O-])c2)cc1. The average Bonchev–Trinajstić information content (AvgIpc) is 2.46. The zero-order valence-electron chi connectivity index (χ0n) is 10.6. The molecular weight excluding hydrogens is 258 g/mol. The Hall–Kier alpha value is -2.89. The molecule has 0 atom stereocenters. The number of nitro benzene ring substituents is 1. The summed E-state index contributed by atoms with van der Waals surface area (Å²) in [4.78, 5) is 21.2. The summed E-state index contributed by atoms with van der Waals surface area (Å²) in [5.41, 5.74) is 7.26. The molecule has 0 radical (unpaired) electrons. The van der Waals surface area contributed by atoms with E-state index in [9.17, 15) is 14.9 Å². The van der Waals surface area contributed by atoms with Crippen LogP contribution in [-0.2, 0) is 6.54 Å². The van der Waals surface area contributed by atoms with Crippen molar-refractivity contribution < 1.29 is 9.72 Å². The highest BCUT2D eigenvalue weighted by molar-refractivity contribution is 5.93. The molecule has 102 valence electrons. The number of hydrogen-bond acceptors (Lipinski definition) is 4. The predicted octanol–water partition coefficient (Wildman–Crippen LogP) is 2.31. The van der Waals surface area contributed by atoms with Gasteiger partial charge in [0.25, 0.3) is 5.69 Å². The first-order valence-corrected chi connectivity index (χ1v) is 5.93. The first-order chi connectivity index (χ1) is 9.56. The second-order valence-corrected chi connectivity index (χ2v) is 4.22. The van der Waals surface area contributed by atoms with E-state index < -0.39 is 10.8 Å². The van der Waals surface area contributed by atoms with Gasteiger partial charge in [0.2, 0.25) is 5.91 Å². The lowest BCUT2D eigenvalue weighted by Gasteiger charge is -2.07. The fourth-order valence-corrected chi connectivity index (χ4v) is 1.74. The molecule has 2 aromatic rings. The van der Waals surface area contributed by atoms with Crippen molar-refractivity contribution in [3.63, 3.8) is 0 Å². The standard InChI is InChI=1S/C14H13N3O3/c15-14(18)11-4-6-12(7-5-11)16-9-10-2-1-3-13(8-10)17(19)20/h1-8,16H,9H2,(H2,15,18). The molecule has 20 heavy (non-hydrogen) atoms. The van der Waals surface area contributed by atoms with Gasteiger partial charge in [-0.05, 0) is 29.8 Å². The van der Waals surface area contributed by atoms with Gasteiger partial charge in [0.05, 0.1) is 4.92 Å². The first-order valence-electron chi connectivity index (χ1n) is 5.93. The number of primary amides is 1. The molecular formula is C14H13N3O3. The number of hydrogen-bond donors (Lipinski definition) is 2. The molecule has 2 aromatic carbocycles. The minimum absolute atomic E-state index is 0.0633. The van der Waals surface area contributed by atoms with Crippen molar-refractivity contribution in [1.82, 2.24) is 0 Å². The maximum Gasteiger partial charge on any atom is 0.269 e. The molecule has 0 aliphatic rings. The molecule has 0 aliphatic heterocycles. The Morgan fingerprint density at radius 3 is 2.50 bits per heavy atom. The summed E-state index contributed by atoms with van der Waals surface area (Å²) < 4.78 is 0. The fraction of sp³-hybridized carbons (Fsp3) is 0.0714. The summed E-state index contributed by atoms with van der Waals surface area (Å²) >= 11 is 0. The van der Waals surface area contributed by atoms with Crippen molar-refractivity contribution in [2.45, 2.75) is 6.54 Å². The number of nitrogens with zero attached hydrogens (tertiary/aromatic N) is 1. The van der Waals surface area contributed by atoms with Crippen LogP contribution in [0.5, 0.6) is 0 Å². The van der Waals surface area contributed by atoms with Crippen LogP contribution in [0.4, 0.5) is 11.4 Å². The predicted molar refractivity (Wildman–Crippen MR) is 75.4 cm³/mol. The van der Waals surface area contributed by atoms with Crippen LogP contribution in [0.3, 0.4) is 0 Å². The highest BCUT2D eigenvalue weighted by atomic mass is 16.6. The van der Waals surface area contributed by atoms with E-state index in [0.29, 0.717) is 12.1 Å². The second kappa shape index (κ2) is 5.83. The van der Waals surface area contributed by atoms with E-state index in [2.05, 4.69) is 5.32 Å². The Kier molecular flexibility index (Phi) is 3.95. The van der Waals surface area contributed by atoms with Gasteiger partial charge in [-0.3, -0.25) is 14.9 Å². The molecule has 1 amide bonds. The second-order valence-electron chi connectivity index (χ2n) is 4.22. The first kappa shape index (κ1) is 13.5. The van der Waals surface area contributed by atoms with Crippen LogP contribution in [0.15, 0.2) is 48.5 Å². The highest BCUT2D eigenvalue weighted by Gasteiger charge is 2.05. The molecule has 0 saturated carbocycles. The lowest BCUT2D eigenvalue weighted by molar-refractivity contribution is -0.384. The van der Waals surface area contributed by atoms with Gasteiger partial charge in [-0.2, -0.15) is 0 Å². The molecule has 6 heteroatoms. The number of anilines is 1. The van der Waals surface area contributed by atoms with Crippen molar-refractivity contribution in [3.05, 3.63) is 69.8 Å². The molecule has 0 bridgehead atoms. The van der Waals surface area contributed by atoms with Gasteiger partial charge in [0, 0.05) is 29.9 Å². The van der Waals surface area contributed by atoms with Gasteiger partial charge >= 0.3 is 0 Å². The molecule has 0 aromatic heterocycles. The highest BCUT2D eigenvalue weighted by Crippen LogP contribution is 2.15. The largest absolute Gasteiger partial charge is 0.381 e. The number of carbonyl (C=O) groups is 1. The number of amides is 1. The molecule has 0 saturated heterocycles. The third kappa shape index (κ3) is 3.32. The Balaban J connectivity index is 2.03. The fourth-order valence-electron chi connectivity index (χ4n) is 1.74. The van der Waals surface area contributed by atoms with E-state index >= 15 is 0 Å². The number of non-ortho nitro benzene ring substituents is 1. The molecule has 0 heterocycles. The van der Waals surface area contributed by atoms with Crippen LogP contribution in [-0.4, -0.2) is 10.8 Å². The Labute approximate surface area is 115 Å². The van der Waals surface area contributed by atoms with Crippen molar-refractivity contribution in [3.8, 4) is 0 Å². The number of carbonyl (C=O) groups excluding carboxylic acids is 1. The molecule has 0 spiro atoms. The van der Waals surface area contributed by atoms with E-state index in [-0.39, 0.29) is 5.69 Å². The van der Waals surface area contributed by atoms with Gasteiger partial charge in [0.15, 0.2) is 0 Å². The van der Waals surface area contributed by atoms with Crippen molar-refractivity contribution in [2.75, 3.05) is 5.32 Å². The van der Waals surface area contributed by atoms with E-state index in [0.717, 1.165) is 11.3 Å². The minimum atomic E-state index is -0.477. The van der Waals surface area contributed by atoms with E-state index in [1.165, 1.54) is 12.1 Å². The number of nitrogens with two attached hydrogens (primary N) is 1. The Morgan fingerprint density at radius 2 is 1.90 bits per heavy atom. The topological polar surface area (TPSA) is 98.3 Å².